The summed E-state index contributed by atoms with van der Waals surface area (Å²) in [6, 6.07) is 20.1. The third kappa shape index (κ3) is 4.76. The van der Waals surface area contributed by atoms with E-state index in [2.05, 4.69) is 23.1 Å². The number of carbonyl (C=O) groups is 1. The zero-order valence-corrected chi connectivity index (χ0v) is 21.2. The van der Waals surface area contributed by atoms with Crippen molar-refractivity contribution in [1.29, 1.82) is 0 Å². The van der Waals surface area contributed by atoms with Gasteiger partial charge in [-0.25, -0.2) is 4.98 Å². The van der Waals surface area contributed by atoms with Crippen molar-refractivity contribution in [2.45, 2.75) is 33.2 Å². The van der Waals surface area contributed by atoms with Crippen molar-refractivity contribution < 1.29 is 4.79 Å². The Bertz CT molecular complexity index is 1340. The molecule has 3 heterocycles. The van der Waals surface area contributed by atoms with Gasteiger partial charge < -0.3 is 9.80 Å². The number of aromatic nitrogens is 3. The van der Waals surface area contributed by atoms with Crippen molar-refractivity contribution in [1.82, 2.24) is 19.5 Å². The molecule has 1 fully saturated rings. The minimum atomic E-state index is 0.0439. The molecular formula is C28H30ClN5O. The van der Waals surface area contributed by atoms with E-state index in [0.29, 0.717) is 11.6 Å². The molecule has 1 aliphatic heterocycles. The van der Waals surface area contributed by atoms with Gasteiger partial charge in [0.25, 0.3) is 0 Å². The maximum Gasteiger partial charge on any atom is 0.225 e. The van der Waals surface area contributed by atoms with Crippen LogP contribution in [0.25, 0.3) is 16.8 Å². The van der Waals surface area contributed by atoms with Gasteiger partial charge in [0, 0.05) is 54.9 Å². The van der Waals surface area contributed by atoms with Crippen LogP contribution < -0.4 is 4.90 Å². The number of piperidine rings is 1. The quantitative estimate of drug-likeness (QED) is 0.371. The number of hydrogen-bond donors (Lipinski definition) is 0. The van der Waals surface area contributed by atoms with Crippen LogP contribution in [-0.2, 0) is 11.3 Å². The molecule has 7 heteroatoms. The summed E-state index contributed by atoms with van der Waals surface area (Å²) < 4.78 is 1.95. The van der Waals surface area contributed by atoms with Crippen molar-refractivity contribution in [3.05, 3.63) is 82.6 Å². The van der Waals surface area contributed by atoms with Gasteiger partial charge in [0.1, 0.15) is 5.82 Å². The lowest BCUT2D eigenvalue weighted by molar-refractivity contribution is -0.135. The van der Waals surface area contributed by atoms with Crippen LogP contribution in [0.5, 0.6) is 0 Å². The summed E-state index contributed by atoms with van der Waals surface area (Å²) in [6.45, 7) is 6.30. The van der Waals surface area contributed by atoms with E-state index in [9.17, 15) is 4.79 Å². The van der Waals surface area contributed by atoms with E-state index in [0.717, 1.165) is 65.5 Å². The third-order valence-electron chi connectivity index (χ3n) is 6.81. The highest BCUT2D eigenvalue weighted by Crippen LogP contribution is 2.32. The SMILES string of the molecule is Cc1cc(N2CCC(C(=O)N(C)Cc3ccccc3)CC2)n2nc(C)c(-c3ccc(Cl)cc3)c2n1. The number of anilines is 1. The molecule has 1 aliphatic rings. The Kier molecular flexibility index (Phi) is 6.48. The second kappa shape index (κ2) is 9.70. The number of nitrogens with zero attached hydrogens (tertiary/aromatic N) is 5. The van der Waals surface area contributed by atoms with Gasteiger partial charge in [0.05, 0.1) is 5.69 Å². The lowest BCUT2D eigenvalue weighted by Gasteiger charge is -2.34. The first kappa shape index (κ1) is 23.4. The number of aryl methyl sites for hydroxylation is 2. The fourth-order valence-electron chi connectivity index (χ4n) is 5.01. The number of hydrogen-bond acceptors (Lipinski definition) is 4. The normalized spacial score (nSPS) is 14.5. The summed E-state index contributed by atoms with van der Waals surface area (Å²) >= 11 is 6.11. The molecule has 1 amide bonds. The zero-order chi connectivity index (χ0) is 24.5. The second-order valence-corrected chi connectivity index (χ2v) is 9.84. The van der Waals surface area contributed by atoms with E-state index in [1.807, 2.05) is 72.8 Å². The molecule has 180 valence electrons. The van der Waals surface area contributed by atoms with E-state index in [1.165, 1.54) is 0 Å². The molecule has 1 saturated heterocycles. The Balaban J connectivity index is 1.35. The number of fused-ring (bicyclic) bond motifs is 1. The Morgan fingerprint density at radius 2 is 1.74 bits per heavy atom. The fraction of sp³-hybridized carbons (Fsp3) is 0.321. The van der Waals surface area contributed by atoms with Crippen LogP contribution >= 0.6 is 11.6 Å². The van der Waals surface area contributed by atoms with Crippen molar-refractivity contribution in [3.63, 3.8) is 0 Å². The minimum Gasteiger partial charge on any atom is -0.356 e. The van der Waals surface area contributed by atoms with Crippen molar-refractivity contribution >= 4 is 29.0 Å². The molecule has 2 aromatic heterocycles. The van der Waals surface area contributed by atoms with Crippen LogP contribution in [0.4, 0.5) is 5.82 Å². The highest BCUT2D eigenvalue weighted by molar-refractivity contribution is 6.30. The Hall–Kier alpha value is -3.38. The molecule has 4 aromatic rings. The fourth-order valence-corrected chi connectivity index (χ4v) is 5.13. The van der Waals surface area contributed by atoms with Crippen LogP contribution in [0.2, 0.25) is 5.02 Å². The molecule has 0 bridgehead atoms. The smallest absolute Gasteiger partial charge is 0.225 e. The summed E-state index contributed by atoms with van der Waals surface area (Å²) in [5.74, 6) is 1.30. The Morgan fingerprint density at radius 1 is 1.06 bits per heavy atom. The Morgan fingerprint density at radius 3 is 2.43 bits per heavy atom. The standard InChI is InChI=1S/C28H30ClN5O/c1-19-17-25(34-27(30-19)26(20(2)31-34)22-9-11-24(29)12-10-22)33-15-13-23(14-16-33)28(35)32(3)18-21-7-5-4-6-8-21/h4-12,17,23H,13-16,18H2,1-3H3. The maximum absolute atomic E-state index is 13.1. The average molecular weight is 488 g/mol. The lowest BCUT2D eigenvalue weighted by atomic mass is 9.95. The van der Waals surface area contributed by atoms with Gasteiger partial charge >= 0.3 is 0 Å². The van der Waals surface area contributed by atoms with E-state index in [4.69, 9.17) is 21.7 Å². The number of carbonyl (C=O) groups excluding carboxylic acids is 1. The maximum atomic E-state index is 13.1. The summed E-state index contributed by atoms with van der Waals surface area (Å²) in [6.07, 6.45) is 1.65. The van der Waals surface area contributed by atoms with Gasteiger partial charge in [-0.2, -0.15) is 9.61 Å². The first-order valence-corrected chi connectivity index (χ1v) is 12.5. The molecule has 0 aliphatic carbocycles. The molecular weight excluding hydrogens is 458 g/mol. The topological polar surface area (TPSA) is 53.7 Å². The van der Waals surface area contributed by atoms with Crippen LogP contribution in [0.15, 0.2) is 60.7 Å². The van der Waals surface area contributed by atoms with Crippen LogP contribution in [0, 0.1) is 19.8 Å². The van der Waals surface area contributed by atoms with Gasteiger partial charge in [0.2, 0.25) is 5.91 Å². The molecule has 0 N–H and O–H groups in total. The van der Waals surface area contributed by atoms with Crippen molar-refractivity contribution in [2.75, 3.05) is 25.0 Å². The molecule has 0 saturated carbocycles. The monoisotopic (exact) mass is 487 g/mol. The first-order valence-electron chi connectivity index (χ1n) is 12.1. The van der Waals surface area contributed by atoms with Gasteiger partial charge in [-0.15, -0.1) is 0 Å². The van der Waals surface area contributed by atoms with Gasteiger partial charge in [0.15, 0.2) is 5.65 Å². The summed E-state index contributed by atoms with van der Waals surface area (Å²) in [4.78, 5) is 22.1. The van der Waals surface area contributed by atoms with Gasteiger partial charge in [-0.05, 0) is 49.9 Å². The predicted octanol–water partition coefficient (Wildman–Crippen LogP) is 5.54. The minimum absolute atomic E-state index is 0.0439. The van der Waals surface area contributed by atoms with Crippen molar-refractivity contribution in [2.24, 2.45) is 5.92 Å². The second-order valence-electron chi connectivity index (χ2n) is 9.40. The number of halogens is 1. The zero-order valence-electron chi connectivity index (χ0n) is 20.4. The van der Waals surface area contributed by atoms with E-state index in [1.54, 1.807) is 0 Å². The highest BCUT2D eigenvalue weighted by atomic mass is 35.5. The number of benzene rings is 2. The predicted molar refractivity (Wildman–Crippen MR) is 141 cm³/mol. The summed E-state index contributed by atoms with van der Waals surface area (Å²) in [7, 11) is 1.91. The summed E-state index contributed by atoms with van der Waals surface area (Å²) in [5, 5.41) is 5.57. The third-order valence-corrected chi connectivity index (χ3v) is 7.07. The molecule has 0 spiro atoms. The first-order chi connectivity index (χ1) is 16.9. The Labute approximate surface area is 211 Å². The molecule has 5 rings (SSSR count). The summed E-state index contributed by atoms with van der Waals surface area (Å²) in [5.41, 5.74) is 5.96. The van der Waals surface area contributed by atoms with Gasteiger partial charge in [-0.1, -0.05) is 54.1 Å². The number of rotatable bonds is 5. The van der Waals surface area contributed by atoms with Gasteiger partial charge in [-0.3, -0.25) is 4.79 Å². The van der Waals surface area contributed by atoms with Crippen LogP contribution in [-0.4, -0.2) is 45.5 Å². The van der Waals surface area contributed by atoms with E-state index < -0.39 is 0 Å². The molecule has 0 atom stereocenters. The van der Waals surface area contributed by atoms with Crippen molar-refractivity contribution in [3.8, 4) is 11.1 Å². The molecule has 0 unspecified atom stereocenters. The molecule has 2 aromatic carbocycles. The molecule has 35 heavy (non-hydrogen) atoms. The van der Waals surface area contributed by atoms with E-state index in [-0.39, 0.29) is 11.8 Å². The van der Waals surface area contributed by atoms with Crippen LogP contribution in [0.1, 0.15) is 29.8 Å². The highest BCUT2D eigenvalue weighted by Gasteiger charge is 2.29. The lowest BCUT2D eigenvalue weighted by Crippen LogP contribution is -2.41. The van der Waals surface area contributed by atoms with Crippen LogP contribution in [0.3, 0.4) is 0 Å². The average Bonchev–Trinajstić information content (AvgIpc) is 3.19. The number of amides is 1. The molecule has 0 radical (unpaired) electrons. The molecule has 6 nitrogen and oxygen atoms in total. The van der Waals surface area contributed by atoms with E-state index >= 15 is 0 Å². The largest absolute Gasteiger partial charge is 0.356 e.